The topological polar surface area (TPSA) is 80.3 Å². The summed E-state index contributed by atoms with van der Waals surface area (Å²) in [6, 6.07) is 0. The number of rotatable bonds is 2. The van der Waals surface area contributed by atoms with Gasteiger partial charge in [0, 0.05) is 23.3 Å². The Hall–Kier alpha value is -0.294. The van der Waals surface area contributed by atoms with Crippen LogP contribution in [-0.4, -0.2) is 35.0 Å². The van der Waals surface area contributed by atoms with Gasteiger partial charge in [0.25, 0.3) is 0 Å². The number of carboxylic acids is 2. The van der Waals surface area contributed by atoms with Crippen LogP contribution in [0, 0.1) is 17.3 Å². The van der Waals surface area contributed by atoms with Gasteiger partial charge < -0.3 is 19.8 Å². The first kappa shape index (κ1) is 11.8. The van der Waals surface area contributed by atoms with Gasteiger partial charge in [-0.3, -0.25) is 0 Å². The zero-order valence-electron chi connectivity index (χ0n) is 7.82. The summed E-state index contributed by atoms with van der Waals surface area (Å²) in [6.07, 6.45) is 2.18. The smallest absolute Gasteiger partial charge is 0.550 e. The molecule has 2 saturated carbocycles. The normalized spacial score (nSPS) is 39.1. The van der Waals surface area contributed by atoms with E-state index in [1.54, 1.807) is 0 Å². The van der Waals surface area contributed by atoms with E-state index in [9.17, 15) is 19.8 Å². The van der Waals surface area contributed by atoms with Gasteiger partial charge in [-0.1, -0.05) is 0 Å². The van der Waals surface area contributed by atoms with Crippen LogP contribution in [0.15, 0.2) is 0 Å². The molecule has 2 aliphatic carbocycles. The molecule has 4 nitrogen and oxygen atoms in total. The summed E-state index contributed by atoms with van der Waals surface area (Å²) in [7, 11) is 0. The maximum atomic E-state index is 10.9. The Balaban J connectivity index is 0.000000980. The third-order valence-corrected chi connectivity index (χ3v) is 3.58. The van der Waals surface area contributed by atoms with Gasteiger partial charge in [-0.25, -0.2) is 0 Å². The Labute approximate surface area is 97.8 Å². The fourth-order valence-electron chi connectivity index (χ4n) is 2.91. The molecule has 72 valence electrons. The van der Waals surface area contributed by atoms with Crippen molar-refractivity contribution in [1.29, 1.82) is 0 Å². The number of carbonyl (C=O) groups excluding carboxylic acids is 2. The van der Waals surface area contributed by atoms with E-state index in [0.717, 1.165) is 6.42 Å². The molecule has 0 aromatic rings. The minimum atomic E-state index is -1.23. The number of carboxylic acid groups (broad SMARTS) is 2. The molecule has 2 rings (SSSR count). The molecular weight excluding hydrogens is 196 g/mol. The van der Waals surface area contributed by atoms with Gasteiger partial charge in [-0.05, 0) is 31.6 Å². The summed E-state index contributed by atoms with van der Waals surface area (Å²) in [4.78, 5) is 21.6. The third-order valence-electron chi connectivity index (χ3n) is 3.58. The van der Waals surface area contributed by atoms with E-state index in [0.29, 0.717) is 19.3 Å². The van der Waals surface area contributed by atoms with E-state index in [1.165, 1.54) is 0 Å². The minimum Gasteiger partial charge on any atom is -0.550 e. The Morgan fingerprint density at radius 2 is 1.93 bits per heavy atom. The van der Waals surface area contributed by atoms with Crippen molar-refractivity contribution >= 4 is 35.0 Å². The van der Waals surface area contributed by atoms with Crippen LogP contribution in [0.5, 0.6) is 0 Å². The standard InChI is InChI=1S/C9H12O4.Mg/c10-7(11)6-3-5-1-2-9(6,4-5)8(12)13;/h5-6H,1-4H2,(H,10,11)(H,12,13);/q;+2/p-2. The van der Waals surface area contributed by atoms with Crippen molar-refractivity contribution in [2.75, 3.05) is 0 Å². The van der Waals surface area contributed by atoms with Gasteiger partial charge in [0.1, 0.15) is 0 Å². The van der Waals surface area contributed by atoms with E-state index in [4.69, 9.17) is 0 Å². The molecule has 14 heavy (non-hydrogen) atoms. The van der Waals surface area contributed by atoms with Crippen molar-refractivity contribution in [2.24, 2.45) is 17.3 Å². The van der Waals surface area contributed by atoms with Crippen LogP contribution in [0.4, 0.5) is 0 Å². The average Bonchev–Trinajstić information content (AvgIpc) is 2.60. The fraction of sp³-hybridized carbons (Fsp3) is 0.778. The van der Waals surface area contributed by atoms with Crippen LogP contribution in [0.3, 0.4) is 0 Å². The van der Waals surface area contributed by atoms with Gasteiger partial charge in [0.15, 0.2) is 0 Å². The summed E-state index contributed by atoms with van der Waals surface area (Å²) in [5.74, 6) is -3.01. The molecule has 3 unspecified atom stereocenters. The maximum absolute atomic E-state index is 10.9. The van der Waals surface area contributed by atoms with Gasteiger partial charge in [0.2, 0.25) is 0 Å². The first-order valence-corrected chi connectivity index (χ1v) is 4.48. The summed E-state index contributed by atoms with van der Waals surface area (Å²) in [5.41, 5.74) is -1.11. The molecule has 0 heterocycles. The van der Waals surface area contributed by atoms with E-state index in [1.807, 2.05) is 0 Å². The number of aliphatic carboxylic acids is 2. The second kappa shape index (κ2) is 3.70. The van der Waals surface area contributed by atoms with E-state index in [-0.39, 0.29) is 29.0 Å². The Morgan fingerprint density at radius 3 is 2.29 bits per heavy atom. The molecule has 0 saturated heterocycles. The predicted molar refractivity (Wildman–Crippen MR) is 43.6 cm³/mol. The van der Waals surface area contributed by atoms with Crippen molar-refractivity contribution in [1.82, 2.24) is 0 Å². The Morgan fingerprint density at radius 1 is 1.29 bits per heavy atom. The van der Waals surface area contributed by atoms with E-state index in [2.05, 4.69) is 0 Å². The summed E-state index contributed by atoms with van der Waals surface area (Å²) >= 11 is 0. The molecule has 0 amide bonds. The molecule has 0 aliphatic heterocycles. The van der Waals surface area contributed by atoms with Crippen LogP contribution < -0.4 is 10.2 Å². The average molecular weight is 206 g/mol. The number of carbonyl (C=O) groups is 2. The predicted octanol–water partition coefficient (Wildman–Crippen LogP) is -2.09. The van der Waals surface area contributed by atoms with Gasteiger partial charge in [0.05, 0.1) is 0 Å². The number of hydrogen-bond donors (Lipinski definition) is 0. The first-order valence-electron chi connectivity index (χ1n) is 4.48. The Kier molecular flexibility index (Phi) is 3.11. The molecule has 2 fully saturated rings. The molecule has 0 radical (unpaired) electrons. The molecule has 0 aromatic heterocycles. The van der Waals surface area contributed by atoms with Crippen molar-refractivity contribution in [3.05, 3.63) is 0 Å². The second-order valence-corrected chi connectivity index (χ2v) is 4.16. The monoisotopic (exact) mass is 206 g/mol. The number of hydrogen-bond acceptors (Lipinski definition) is 4. The molecular formula is C9H10MgO4. The third kappa shape index (κ3) is 1.42. The van der Waals surface area contributed by atoms with Crippen molar-refractivity contribution in [3.63, 3.8) is 0 Å². The quantitative estimate of drug-likeness (QED) is 0.485. The molecule has 2 aliphatic rings. The summed E-state index contributed by atoms with van der Waals surface area (Å²) < 4.78 is 0. The van der Waals surface area contributed by atoms with Crippen molar-refractivity contribution in [3.8, 4) is 0 Å². The summed E-state index contributed by atoms with van der Waals surface area (Å²) in [6.45, 7) is 0. The van der Waals surface area contributed by atoms with Crippen molar-refractivity contribution in [2.45, 2.75) is 25.7 Å². The Bertz CT molecular complexity index is 278. The van der Waals surface area contributed by atoms with Crippen LogP contribution in [0.25, 0.3) is 0 Å². The van der Waals surface area contributed by atoms with Crippen LogP contribution in [0.1, 0.15) is 25.7 Å². The zero-order chi connectivity index (χ0) is 9.64. The molecule has 0 N–H and O–H groups in total. The van der Waals surface area contributed by atoms with Gasteiger partial charge >= 0.3 is 23.1 Å². The largest absolute Gasteiger partial charge is 2.00 e. The zero-order valence-corrected chi connectivity index (χ0v) is 9.24. The van der Waals surface area contributed by atoms with Gasteiger partial charge in [-0.2, -0.15) is 0 Å². The van der Waals surface area contributed by atoms with Crippen LogP contribution in [0.2, 0.25) is 0 Å². The van der Waals surface area contributed by atoms with Crippen LogP contribution in [-0.2, 0) is 9.59 Å². The van der Waals surface area contributed by atoms with Crippen molar-refractivity contribution < 1.29 is 19.8 Å². The first-order chi connectivity index (χ1) is 6.06. The maximum Gasteiger partial charge on any atom is 2.00 e. The van der Waals surface area contributed by atoms with Crippen LogP contribution >= 0.6 is 0 Å². The molecule has 0 spiro atoms. The summed E-state index contributed by atoms with van der Waals surface area (Å²) in [5, 5.41) is 21.6. The SMILES string of the molecule is O=C([O-])C1CC2CCC1(C(=O)[O-])C2.[Mg+2]. The molecule has 3 atom stereocenters. The number of fused-ring (bicyclic) bond motifs is 2. The molecule has 2 bridgehead atoms. The fourth-order valence-corrected chi connectivity index (χ4v) is 2.91. The minimum absolute atomic E-state index is 0. The van der Waals surface area contributed by atoms with E-state index >= 15 is 0 Å². The molecule has 0 aromatic carbocycles. The molecule has 5 heteroatoms. The second-order valence-electron chi connectivity index (χ2n) is 4.16. The van der Waals surface area contributed by atoms with Gasteiger partial charge in [-0.15, -0.1) is 0 Å². The van der Waals surface area contributed by atoms with E-state index < -0.39 is 23.3 Å².